The molecule has 0 bridgehead atoms. The molecule has 3 aromatic rings. The van der Waals surface area contributed by atoms with E-state index in [0.29, 0.717) is 27.7 Å². The highest BCUT2D eigenvalue weighted by molar-refractivity contribution is 7.99. The van der Waals surface area contributed by atoms with Gasteiger partial charge in [0.25, 0.3) is 0 Å². The van der Waals surface area contributed by atoms with Crippen LogP contribution in [0.2, 0.25) is 0 Å². The third-order valence-corrected chi connectivity index (χ3v) is 5.90. The Kier molecular flexibility index (Phi) is 5.21. The van der Waals surface area contributed by atoms with Crippen molar-refractivity contribution >= 4 is 34.3 Å². The van der Waals surface area contributed by atoms with Crippen LogP contribution in [0.4, 0.5) is 5.69 Å². The minimum Gasteiger partial charge on any atom is -0.443 e. The number of nitriles is 1. The Balaban J connectivity index is 1.43. The van der Waals surface area contributed by atoms with E-state index in [-0.39, 0.29) is 17.4 Å². The van der Waals surface area contributed by atoms with E-state index in [1.807, 2.05) is 18.2 Å². The molecule has 0 radical (unpaired) electrons. The third-order valence-electron chi connectivity index (χ3n) is 4.96. The van der Waals surface area contributed by atoms with Crippen molar-refractivity contribution in [2.45, 2.75) is 43.2 Å². The number of nitrogens with zero attached hydrogens (tertiary/aromatic N) is 4. The molecule has 0 aliphatic heterocycles. The lowest BCUT2D eigenvalue weighted by molar-refractivity contribution is -0.113. The average Bonchev–Trinajstić information content (AvgIpc) is 3.27. The lowest BCUT2D eigenvalue weighted by Gasteiger charge is -2.20. The van der Waals surface area contributed by atoms with Gasteiger partial charge in [0, 0.05) is 11.3 Å². The van der Waals surface area contributed by atoms with Crippen molar-refractivity contribution in [1.29, 1.82) is 5.26 Å². The first-order valence-electron chi connectivity index (χ1n) is 9.22. The molecule has 1 fully saturated rings. The molecule has 28 heavy (non-hydrogen) atoms. The van der Waals surface area contributed by atoms with E-state index in [9.17, 15) is 10.1 Å². The van der Waals surface area contributed by atoms with Crippen LogP contribution in [0, 0.1) is 11.3 Å². The molecule has 3 N–H and O–H groups in total. The van der Waals surface area contributed by atoms with Crippen LogP contribution in [0.3, 0.4) is 0 Å². The van der Waals surface area contributed by atoms with Crippen molar-refractivity contribution in [2.24, 2.45) is 0 Å². The highest BCUT2D eigenvalue weighted by Crippen LogP contribution is 2.33. The van der Waals surface area contributed by atoms with Crippen LogP contribution in [0.15, 0.2) is 33.8 Å². The van der Waals surface area contributed by atoms with Crippen LogP contribution in [-0.4, -0.2) is 26.5 Å². The van der Waals surface area contributed by atoms with Crippen LogP contribution in [0.1, 0.15) is 49.6 Å². The molecule has 0 spiro atoms. The number of nitrogen functional groups attached to an aromatic ring is 1. The number of benzene rings is 1. The Morgan fingerprint density at radius 2 is 2.11 bits per heavy atom. The number of furan rings is 1. The number of anilines is 1. The molecular formula is C19H20N6O2S. The normalized spacial score (nSPS) is 14.8. The van der Waals surface area contributed by atoms with Crippen LogP contribution in [-0.2, 0) is 4.79 Å². The van der Waals surface area contributed by atoms with Crippen molar-refractivity contribution in [3.8, 4) is 6.07 Å². The molecule has 1 aromatic carbocycles. The molecule has 144 valence electrons. The SMILES string of the molecule is N#Cc1oc2ccccc2c1NC(=O)CSc1nnc(C2CCCCC2)n1N. The minimum atomic E-state index is -0.268. The lowest BCUT2D eigenvalue weighted by Crippen LogP contribution is -2.20. The van der Waals surface area contributed by atoms with Gasteiger partial charge < -0.3 is 15.6 Å². The summed E-state index contributed by atoms with van der Waals surface area (Å²) in [5.74, 6) is 7.20. The summed E-state index contributed by atoms with van der Waals surface area (Å²) in [6.45, 7) is 0. The Hall–Kier alpha value is -2.99. The monoisotopic (exact) mass is 396 g/mol. The lowest BCUT2D eigenvalue weighted by atomic mass is 9.89. The number of aromatic nitrogens is 3. The van der Waals surface area contributed by atoms with Gasteiger partial charge in [-0.3, -0.25) is 4.79 Å². The number of amides is 1. The van der Waals surface area contributed by atoms with Gasteiger partial charge in [0.05, 0.1) is 5.75 Å². The van der Waals surface area contributed by atoms with Gasteiger partial charge in [-0.05, 0) is 25.0 Å². The quantitative estimate of drug-likeness (QED) is 0.500. The molecule has 0 saturated heterocycles. The molecule has 0 atom stereocenters. The van der Waals surface area contributed by atoms with Crippen LogP contribution in [0.5, 0.6) is 0 Å². The van der Waals surface area contributed by atoms with Gasteiger partial charge in [-0.15, -0.1) is 10.2 Å². The molecule has 2 aromatic heterocycles. The van der Waals surface area contributed by atoms with Crippen molar-refractivity contribution in [3.63, 3.8) is 0 Å². The maximum Gasteiger partial charge on any atom is 0.234 e. The van der Waals surface area contributed by atoms with Crippen molar-refractivity contribution < 1.29 is 9.21 Å². The molecule has 1 saturated carbocycles. The highest BCUT2D eigenvalue weighted by Gasteiger charge is 2.23. The predicted octanol–water partition coefficient (Wildman–Crippen LogP) is 3.39. The topological polar surface area (TPSA) is 123 Å². The zero-order valence-electron chi connectivity index (χ0n) is 15.2. The van der Waals surface area contributed by atoms with Gasteiger partial charge in [-0.2, -0.15) is 5.26 Å². The minimum absolute atomic E-state index is 0.0844. The molecule has 0 unspecified atom stereocenters. The summed E-state index contributed by atoms with van der Waals surface area (Å²) in [5.41, 5.74) is 0.946. The van der Waals surface area contributed by atoms with Gasteiger partial charge in [0.2, 0.25) is 16.8 Å². The van der Waals surface area contributed by atoms with E-state index < -0.39 is 0 Å². The molecule has 9 heteroatoms. The maximum atomic E-state index is 12.4. The van der Waals surface area contributed by atoms with E-state index in [2.05, 4.69) is 15.5 Å². The highest BCUT2D eigenvalue weighted by atomic mass is 32.2. The number of carbonyl (C=O) groups is 1. The number of thioether (sulfide) groups is 1. The van der Waals surface area contributed by atoms with Crippen molar-refractivity contribution in [3.05, 3.63) is 35.9 Å². The molecule has 4 rings (SSSR count). The van der Waals surface area contributed by atoms with E-state index in [4.69, 9.17) is 10.3 Å². The zero-order chi connectivity index (χ0) is 19.5. The molecule has 2 heterocycles. The maximum absolute atomic E-state index is 12.4. The summed E-state index contributed by atoms with van der Waals surface area (Å²) in [7, 11) is 0. The number of rotatable bonds is 5. The number of para-hydroxylation sites is 1. The van der Waals surface area contributed by atoms with E-state index >= 15 is 0 Å². The standard InChI is InChI=1S/C19H20N6O2S/c20-10-15-17(13-8-4-5-9-14(13)27-15)22-16(26)11-28-19-24-23-18(25(19)21)12-6-2-1-3-7-12/h4-5,8-9,12H,1-3,6-7,11,21H2,(H,22,26). The summed E-state index contributed by atoms with van der Waals surface area (Å²) in [4.78, 5) is 12.4. The molecule has 1 aliphatic carbocycles. The van der Waals surface area contributed by atoms with Gasteiger partial charge in [0.15, 0.2) is 5.82 Å². The fourth-order valence-electron chi connectivity index (χ4n) is 3.58. The first-order valence-corrected chi connectivity index (χ1v) is 10.2. The predicted molar refractivity (Wildman–Crippen MR) is 106 cm³/mol. The van der Waals surface area contributed by atoms with Crippen LogP contribution >= 0.6 is 11.8 Å². The van der Waals surface area contributed by atoms with Gasteiger partial charge in [-0.25, -0.2) is 4.68 Å². The third kappa shape index (κ3) is 3.55. The number of carbonyl (C=O) groups excluding carboxylic acids is 1. The Bertz CT molecular complexity index is 1040. The van der Waals surface area contributed by atoms with Gasteiger partial charge in [-0.1, -0.05) is 43.2 Å². The Morgan fingerprint density at radius 1 is 1.32 bits per heavy atom. The molecule has 1 amide bonds. The van der Waals surface area contributed by atoms with Gasteiger partial charge in [0.1, 0.15) is 17.3 Å². The average molecular weight is 396 g/mol. The second-order valence-corrected chi connectivity index (χ2v) is 7.74. The first kappa shape index (κ1) is 18.4. The summed E-state index contributed by atoms with van der Waals surface area (Å²) in [6.07, 6.45) is 5.77. The molecule has 8 nitrogen and oxygen atoms in total. The summed E-state index contributed by atoms with van der Waals surface area (Å²) >= 11 is 1.22. The molecule has 1 aliphatic rings. The Labute approximate surface area is 166 Å². The molecular weight excluding hydrogens is 376 g/mol. The number of nitrogens with one attached hydrogen (secondary N) is 1. The Morgan fingerprint density at radius 3 is 2.89 bits per heavy atom. The van der Waals surface area contributed by atoms with E-state index in [1.165, 1.54) is 35.7 Å². The van der Waals surface area contributed by atoms with E-state index in [0.717, 1.165) is 18.7 Å². The fraction of sp³-hybridized carbons (Fsp3) is 0.368. The van der Waals surface area contributed by atoms with Crippen molar-refractivity contribution in [2.75, 3.05) is 16.9 Å². The number of hydrogen-bond donors (Lipinski definition) is 2. The second kappa shape index (κ2) is 7.94. The van der Waals surface area contributed by atoms with E-state index in [1.54, 1.807) is 12.1 Å². The number of hydrogen-bond acceptors (Lipinski definition) is 7. The second-order valence-electron chi connectivity index (χ2n) is 6.80. The summed E-state index contributed by atoms with van der Waals surface area (Å²) in [6, 6.07) is 9.17. The van der Waals surface area contributed by atoms with Crippen LogP contribution in [0.25, 0.3) is 11.0 Å². The number of nitrogens with two attached hydrogens (primary N) is 1. The zero-order valence-corrected chi connectivity index (χ0v) is 16.0. The summed E-state index contributed by atoms with van der Waals surface area (Å²) in [5, 5.41) is 21.6. The fourth-order valence-corrected chi connectivity index (χ4v) is 4.24. The number of fused-ring (bicyclic) bond motifs is 1. The largest absolute Gasteiger partial charge is 0.443 e. The van der Waals surface area contributed by atoms with Crippen molar-refractivity contribution in [1.82, 2.24) is 14.9 Å². The smallest absolute Gasteiger partial charge is 0.234 e. The summed E-state index contributed by atoms with van der Waals surface area (Å²) < 4.78 is 6.97. The van der Waals surface area contributed by atoms with Crippen LogP contribution < -0.4 is 11.2 Å². The van der Waals surface area contributed by atoms with Gasteiger partial charge >= 0.3 is 0 Å². The first-order chi connectivity index (χ1) is 13.7.